The maximum Gasteiger partial charge on any atom is 0.207 e. The van der Waals surface area contributed by atoms with Gasteiger partial charge in [0.2, 0.25) is 5.95 Å². The number of benzene rings is 1. The molecule has 21 heavy (non-hydrogen) atoms. The first-order chi connectivity index (χ1) is 10.3. The molecule has 0 aliphatic heterocycles. The zero-order chi connectivity index (χ0) is 14.7. The highest BCUT2D eigenvalue weighted by atomic mass is 15.2. The summed E-state index contributed by atoms with van der Waals surface area (Å²) in [6.45, 7) is 4.26. The monoisotopic (exact) mass is 283 g/mol. The molecule has 3 rings (SSSR count). The first kappa shape index (κ1) is 14.2. The fraction of sp³-hybridized carbons (Fsp3) is 0.500. The van der Waals surface area contributed by atoms with Crippen molar-refractivity contribution in [1.29, 1.82) is 0 Å². The third-order valence-corrected chi connectivity index (χ3v) is 4.36. The van der Waals surface area contributed by atoms with Gasteiger partial charge in [-0.1, -0.05) is 38.3 Å². The summed E-state index contributed by atoms with van der Waals surface area (Å²) in [5.41, 5.74) is 3.63. The SMILES string of the molecule is CCc1cccc(-n2cc(C)nc2NC2CCCCC2)c1. The average Bonchev–Trinajstić information content (AvgIpc) is 2.89. The Morgan fingerprint density at radius 2 is 2.05 bits per heavy atom. The largest absolute Gasteiger partial charge is 0.353 e. The third-order valence-electron chi connectivity index (χ3n) is 4.36. The Bertz CT molecular complexity index is 594. The lowest BCUT2D eigenvalue weighted by molar-refractivity contribution is 0.460. The van der Waals surface area contributed by atoms with E-state index in [4.69, 9.17) is 0 Å². The van der Waals surface area contributed by atoms with Gasteiger partial charge >= 0.3 is 0 Å². The van der Waals surface area contributed by atoms with Crippen LogP contribution in [-0.2, 0) is 6.42 Å². The number of imidazole rings is 1. The highest BCUT2D eigenvalue weighted by molar-refractivity contribution is 5.45. The van der Waals surface area contributed by atoms with E-state index >= 15 is 0 Å². The van der Waals surface area contributed by atoms with Gasteiger partial charge in [0, 0.05) is 17.9 Å². The molecule has 1 aromatic carbocycles. The molecule has 0 saturated heterocycles. The third kappa shape index (κ3) is 3.29. The van der Waals surface area contributed by atoms with E-state index < -0.39 is 0 Å². The fourth-order valence-electron chi connectivity index (χ4n) is 3.15. The van der Waals surface area contributed by atoms with Crippen molar-refractivity contribution in [3.05, 3.63) is 41.7 Å². The minimum Gasteiger partial charge on any atom is -0.353 e. The summed E-state index contributed by atoms with van der Waals surface area (Å²) >= 11 is 0. The molecule has 3 heteroatoms. The van der Waals surface area contributed by atoms with E-state index in [2.05, 4.69) is 59.2 Å². The van der Waals surface area contributed by atoms with Crippen LogP contribution in [0.5, 0.6) is 0 Å². The Hall–Kier alpha value is -1.77. The van der Waals surface area contributed by atoms with Gasteiger partial charge in [0.15, 0.2) is 0 Å². The van der Waals surface area contributed by atoms with Crippen LogP contribution in [0, 0.1) is 6.92 Å². The number of hydrogen-bond acceptors (Lipinski definition) is 2. The standard InChI is InChI=1S/C18H25N3/c1-3-15-8-7-11-17(12-15)21-13-14(2)19-18(21)20-16-9-5-4-6-10-16/h7-8,11-13,16H,3-6,9-10H2,1-2H3,(H,19,20). The molecule has 1 aliphatic carbocycles. The molecule has 3 nitrogen and oxygen atoms in total. The Labute approximate surface area is 127 Å². The zero-order valence-corrected chi connectivity index (χ0v) is 13.1. The van der Waals surface area contributed by atoms with Crippen molar-refractivity contribution in [2.24, 2.45) is 0 Å². The topological polar surface area (TPSA) is 29.9 Å². The number of anilines is 1. The van der Waals surface area contributed by atoms with E-state index in [9.17, 15) is 0 Å². The van der Waals surface area contributed by atoms with Crippen LogP contribution < -0.4 is 5.32 Å². The quantitative estimate of drug-likeness (QED) is 0.896. The average molecular weight is 283 g/mol. The molecule has 1 aliphatic rings. The first-order valence-corrected chi connectivity index (χ1v) is 8.18. The second kappa shape index (κ2) is 6.33. The fourth-order valence-corrected chi connectivity index (χ4v) is 3.15. The number of nitrogens with one attached hydrogen (secondary N) is 1. The predicted octanol–water partition coefficient (Wildman–Crippen LogP) is 4.49. The van der Waals surface area contributed by atoms with E-state index in [1.165, 1.54) is 43.4 Å². The lowest BCUT2D eigenvalue weighted by Crippen LogP contribution is -2.24. The molecule has 0 spiro atoms. The summed E-state index contributed by atoms with van der Waals surface area (Å²) < 4.78 is 2.20. The van der Waals surface area contributed by atoms with Gasteiger partial charge in [-0.15, -0.1) is 0 Å². The first-order valence-electron chi connectivity index (χ1n) is 8.18. The Balaban J connectivity index is 1.87. The molecule has 1 heterocycles. The number of aromatic nitrogens is 2. The maximum absolute atomic E-state index is 4.69. The molecule has 0 unspecified atom stereocenters. The van der Waals surface area contributed by atoms with Crippen molar-refractivity contribution in [2.45, 2.75) is 58.4 Å². The van der Waals surface area contributed by atoms with Crippen LogP contribution in [0.2, 0.25) is 0 Å². The molecule has 2 aromatic rings. The summed E-state index contributed by atoms with van der Waals surface area (Å²) in [5.74, 6) is 0.993. The lowest BCUT2D eigenvalue weighted by atomic mass is 9.96. The summed E-state index contributed by atoms with van der Waals surface area (Å²) in [6.07, 6.45) is 9.77. The summed E-state index contributed by atoms with van der Waals surface area (Å²) in [5, 5.41) is 3.66. The number of aryl methyl sites for hydroxylation is 2. The van der Waals surface area contributed by atoms with Gasteiger partial charge in [0.25, 0.3) is 0 Å². The number of hydrogen-bond donors (Lipinski definition) is 1. The smallest absolute Gasteiger partial charge is 0.207 e. The van der Waals surface area contributed by atoms with Crippen LogP contribution in [0.4, 0.5) is 5.95 Å². The lowest BCUT2D eigenvalue weighted by Gasteiger charge is -2.23. The highest BCUT2D eigenvalue weighted by Gasteiger charge is 2.16. The Kier molecular flexibility index (Phi) is 4.28. The van der Waals surface area contributed by atoms with Crippen molar-refractivity contribution in [2.75, 3.05) is 5.32 Å². The van der Waals surface area contributed by atoms with Crippen LogP contribution in [0.1, 0.15) is 50.3 Å². The second-order valence-corrected chi connectivity index (χ2v) is 6.08. The maximum atomic E-state index is 4.69. The minimum atomic E-state index is 0.577. The molecule has 0 radical (unpaired) electrons. The van der Waals surface area contributed by atoms with Crippen molar-refractivity contribution in [1.82, 2.24) is 9.55 Å². The molecule has 0 amide bonds. The van der Waals surface area contributed by atoms with E-state index in [1.807, 2.05) is 0 Å². The van der Waals surface area contributed by atoms with Gasteiger partial charge in [-0.3, -0.25) is 4.57 Å². The van der Waals surface area contributed by atoms with Crippen LogP contribution in [0.25, 0.3) is 5.69 Å². The molecule has 1 saturated carbocycles. The van der Waals surface area contributed by atoms with E-state index in [1.54, 1.807) is 0 Å². The molecule has 0 bridgehead atoms. The molecule has 112 valence electrons. The molecular formula is C18H25N3. The number of rotatable bonds is 4. The van der Waals surface area contributed by atoms with Gasteiger partial charge in [-0.05, 0) is 43.9 Å². The normalized spacial score (nSPS) is 16.1. The van der Waals surface area contributed by atoms with E-state index in [0.29, 0.717) is 6.04 Å². The number of nitrogens with zero attached hydrogens (tertiary/aromatic N) is 2. The van der Waals surface area contributed by atoms with Crippen LogP contribution >= 0.6 is 0 Å². The molecule has 1 aromatic heterocycles. The summed E-state index contributed by atoms with van der Waals surface area (Å²) in [7, 11) is 0. The van der Waals surface area contributed by atoms with Gasteiger partial charge in [-0.2, -0.15) is 0 Å². The highest BCUT2D eigenvalue weighted by Crippen LogP contribution is 2.24. The van der Waals surface area contributed by atoms with Crippen molar-refractivity contribution < 1.29 is 0 Å². The Morgan fingerprint density at radius 1 is 1.24 bits per heavy atom. The van der Waals surface area contributed by atoms with Crippen LogP contribution in [0.3, 0.4) is 0 Å². The van der Waals surface area contributed by atoms with Crippen LogP contribution in [0.15, 0.2) is 30.5 Å². The van der Waals surface area contributed by atoms with E-state index in [0.717, 1.165) is 18.1 Å². The molecule has 0 atom stereocenters. The summed E-state index contributed by atoms with van der Waals surface area (Å²) in [6, 6.07) is 9.31. The Morgan fingerprint density at radius 3 is 2.81 bits per heavy atom. The molecule has 1 fully saturated rings. The van der Waals surface area contributed by atoms with Crippen molar-refractivity contribution in [3.63, 3.8) is 0 Å². The molecule has 1 N–H and O–H groups in total. The molecular weight excluding hydrogens is 258 g/mol. The van der Waals surface area contributed by atoms with Crippen molar-refractivity contribution in [3.8, 4) is 5.69 Å². The predicted molar refractivity (Wildman–Crippen MR) is 88.2 cm³/mol. The summed E-state index contributed by atoms with van der Waals surface area (Å²) in [4.78, 5) is 4.69. The van der Waals surface area contributed by atoms with Crippen LogP contribution in [-0.4, -0.2) is 15.6 Å². The van der Waals surface area contributed by atoms with Gasteiger partial charge in [0.05, 0.1) is 5.69 Å². The van der Waals surface area contributed by atoms with E-state index in [-0.39, 0.29) is 0 Å². The minimum absolute atomic E-state index is 0.577. The zero-order valence-electron chi connectivity index (χ0n) is 13.1. The second-order valence-electron chi connectivity index (χ2n) is 6.08. The van der Waals surface area contributed by atoms with Gasteiger partial charge in [-0.25, -0.2) is 4.98 Å². The van der Waals surface area contributed by atoms with Crippen molar-refractivity contribution >= 4 is 5.95 Å². The van der Waals surface area contributed by atoms with Gasteiger partial charge in [0.1, 0.15) is 0 Å². The van der Waals surface area contributed by atoms with Gasteiger partial charge < -0.3 is 5.32 Å².